The van der Waals surface area contributed by atoms with E-state index in [2.05, 4.69) is 22.9 Å². The highest BCUT2D eigenvalue weighted by Crippen LogP contribution is 2.46. The van der Waals surface area contributed by atoms with E-state index in [0.29, 0.717) is 12.5 Å². The maximum absolute atomic E-state index is 12.3. The smallest absolute Gasteiger partial charge is 0.212 e. The molecule has 0 spiro atoms. The van der Waals surface area contributed by atoms with Gasteiger partial charge in [0.25, 0.3) is 0 Å². The lowest BCUT2D eigenvalue weighted by Crippen LogP contribution is -2.43. The first kappa shape index (κ1) is 11.9. The fourth-order valence-electron chi connectivity index (χ4n) is 2.22. The van der Waals surface area contributed by atoms with E-state index < -0.39 is 14.8 Å². The Labute approximate surface area is 100 Å². The molecule has 2 fully saturated rings. The molecule has 1 saturated heterocycles. The first-order valence-electron chi connectivity index (χ1n) is 5.50. The van der Waals surface area contributed by atoms with Crippen molar-refractivity contribution in [2.45, 2.75) is 43.9 Å². The summed E-state index contributed by atoms with van der Waals surface area (Å²) in [4.78, 5) is 0. The van der Waals surface area contributed by atoms with Crippen LogP contribution < -0.4 is 0 Å². The predicted molar refractivity (Wildman–Crippen MR) is 64.6 cm³/mol. The van der Waals surface area contributed by atoms with Crippen LogP contribution in [0.5, 0.6) is 0 Å². The van der Waals surface area contributed by atoms with Crippen LogP contribution in [0.4, 0.5) is 0 Å². The predicted octanol–water partition coefficient (Wildman–Crippen LogP) is 1.97. The van der Waals surface area contributed by atoms with E-state index in [1.165, 1.54) is 0 Å². The van der Waals surface area contributed by atoms with Crippen LogP contribution in [0.3, 0.4) is 0 Å². The topological polar surface area (TPSA) is 37.4 Å². The molecule has 0 radical (unpaired) electrons. The number of halogens is 1. The van der Waals surface area contributed by atoms with Crippen LogP contribution in [0.15, 0.2) is 0 Å². The monoisotopic (exact) mass is 295 g/mol. The fraction of sp³-hybridized carbons (Fsp3) is 1.00. The summed E-state index contributed by atoms with van der Waals surface area (Å²) >= 11 is 3.43. The van der Waals surface area contributed by atoms with Crippen molar-refractivity contribution in [2.75, 3.05) is 11.9 Å². The molecular weight excluding hydrogens is 278 g/mol. The molecule has 2 atom stereocenters. The van der Waals surface area contributed by atoms with E-state index in [-0.39, 0.29) is 6.04 Å². The Bertz CT molecular complexity index is 350. The molecule has 88 valence electrons. The van der Waals surface area contributed by atoms with Gasteiger partial charge < -0.3 is 0 Å². The van der Waals surface area contributed by atoms with Crippen molar-refractivity contribution in [1.82, 2.24) is 4.31 Å². The van der Waals surface area contributed by atoms with Crippen molar-refractivity contribution in [3.63, 3.8) is 0 Å². The van der Waals surface area contributed by atoms with Gasteiger partial charge in [-0.2, -0.15) is 4.31 Å². The third-order valence-corrected chi connectivity index (χ3v) is 7.26. The lowest BCUT2D eigenvalue weighted by atomic mass is 10.1. The Morgan fingerprint density at radius 3 is 2.53 bits per heavy atom. The zero-order chi connectivity index (χ0) is 11.3. The molecule has 15 heavy (non-hydrogen) atoms. The first-order chi connectivity index (χ1) is 6.92. The average Bonchev–Trinajstić information content (AvgIpc) is 2.80. The maximum Gasteiger partial charge on any atom is 0.219 e. The third-order valence-electron chi connectivity index (χ3n) is 3.88. The second-order valence-electron chi connectivity index (χ2n) is 5.05. The van der Waals surface area contributed by atoms with Crippen molar-refractivity contribution in [3.05, 3.63) is 0 Å². The van der Waals surface area contributed by atoms with Gasteiger partial charge >= 0.3 is 0 Å². The molecule has 1 aliphatic heterocycles. The quantitative estimate of drug-likeness (QED) is 0.747. The molecular formula is C10H18BrNO2S. The summed E-state index contributed by atoms with van der Waals surface area (Å²) in [7, 11) is -3.06. The minimum atomic E-state index is -3.06. The van der Waals surface area contributed by atoms with Gasteiger partial charge in [-0.3, -0.25) is 0 Å². The van der Waals surface area contributed by atoms with Gasteiger partial charge in [-0.05, 0) is 32.1 Å². The number of hydrogen-bond acceptors (Lipinski definition) is 2. The van der Waals surface area contributed by atoms with E-state index in [4.69, 9.17) is 0 Å². The highest BCUT2D eigenvalue weighted by molar-refractivity contribution is 9.09. The van der Waals surface area contributed by atoms with Gasteiger partial charge in [-0.15, -0.1) is 0 Å². The summed E-state index contributed by atoms with van der Waals surface area (Å²) in [6.45, 7) is 4.71. The van der Waals surface area contributed by atoms with Crippen LogP contribution in [0.25, 0.3) is 0 Å². The Hall–Kier alpha value is 0.390. The van der Waals surface area contributed by atoms with Crippen LogP contribution in [-0.4, -0.2) is 35.4 Å². The van der Waals surface area contributed by atoms with Crippen molar-refractivity contribution in [1.29, 1.82) is 0 Å². The number of hydrogen-bond donors (Lipinski definition) is 0. The van der Waals surface area contributed by atoms with Gasteiger partial charge in [0.05, 0.1) is 4.75 Å². The standard InChI is InChI=1S/C10H18BrNO2S/c1-8-3-6-12(9(8)7-11)15(13,14)10(2)4-5-10/h8-9H,3-7H2,1-2H3. The van der Waals surface area contributed by atoms with Crippen LogP contribution in [-0.2, 0) is 10.0 Å². The summed E-state index contributed by atoms with van der Waals surface area (Å²) in [6, 6.07) is 0.160. The zero-order valence-electron chi connectivity index (χ0n) is 9.24. The minimum absolute atomic E-state index is 0.160. The first-order valence-corrected chi connectivity index (χ1v) is 8.06. The van der Waals surface area contributed by atoms with Crippen molar-refractivity contribution < 1.29 is 8.42 Å². The van der Waals surface area contributed by atoms with E-state index >= 15 is 0 Å². The largest absolute Gasteiger partial charge is 0.219 e. The van der Waals surface area contributed by atoms with Crippen molar-refractivity contribution in [2.24, 2.45) is 5.92 Å². The fourth-order valence-corrected chi connectivity index (χ4v) is 5.57. The molecule has 0 N–H and O–H groups in total. The molecule has 0 aromatic rings. The highest BCUT2D eigenvalue weighted by atomic mass is 79.9. The molecule has 0 aromatic carbocycles. The van der Waals surface area contributed by atoms with Crippen LogP contribution >= 0.6 is 15.9 Å². The zero-order valence-corrected chi connectivity index (χ0v) is 11.6. The number of alkyl halides is 1. The van der Waals surface area contributed by atoms with Gasteiger partial charge in [0, 0.05) is 17.9 Å². The van der Waals surface area contributed by atoms with E-state index in [9.17, 15) is 8.42 Å². The Balaban J connectivity index is 2.24. The van der Waals surface area contributed by atoms with Crippen molar-refractivity contribution >= 4 is 26.0 Å². The van der Waals surface area contributed by atoms with Crippen LogP contribution in [0, 0.1) is 5.92 Å². The molecule has 1 heterocycles. The van der Waals surface area contributed by atoms with E-state index in [1.54, 1.807) is 4.31 Å². The maximum atomic E-state index is 12.3. The molecule has 0 bridgehead atoms. The lowest BCUT2D eigenvalue weighted by Gasteiger charge is -2.27. The molecule has 1 aliphatic carbocycles. The molecule has 2 rings (SSSR count). The average molecular weight is 296 g/mol. The number of sulfonamides is 1. The third kappa shape index (κ3) is 1.76. The molecule has 1 saturated carbocycles. The Morgan fingerprint density at radius 1 is 1.47 bits per heavy atom. The normalized spacial score (nSPS) is 35.7. The van der Waals surface area contributed by atoms with Crippen LogP contribution in [0.1, 0.15) is 33.1 Å². The molecule has 0 aromatic heterocycles. The Morgan fingerprint density at radius 2 is 2.07 bits per heavy atom. The highest BCUT2D eigenvalue weighted by Gasteiger charge is 2.55. The summed E-state index contributed by atoms with van der Waals surface area (Å²) in [5.41, 5.74) is 0. The minimum Gasteiger partial charge on any atom is -0.212 e. The molecule has 0 amide bonds. The van der Waals surface area contributed by atoms with E-state index in [1.807, 2.05) is 6.92 Å². The van der Waals surface area contributed by atoms with Gasteiger partial charge in [-0.25, -0.2) is 8.42 Å². The number of nitrogens with zero attached hydrogens (tertiary/aromatic N) is 1. The molecule has 2 unspecified atom stereocenters. The Kier molecular flexibility index (Phi) is 2.93. The summed E-state index contributed by atoms with van der Waals surface area (Å²) < 4.78 is 26.0. The van der Waals surface area contributed by atoms with Crippen LogP contribution in [0.2, 0.25) is 0 Å². The lowest BCUT2D eigenvalue weighted by molar-refractivity contribution is 0.372. The molecule has 2 aliphatic rings. The SMILES string of the molecule is CC1CCN(S(=O)(=O)C2(C)CC2)C1CBr. The van der Waals surface area contributed by atoms with E-state index in [0.717, 1.165) is 24.6 Å². The van der Waals surface area contributed by atoms with Gasteiger partial charge in [-0.1, -0.05) is 22.9 Å². The second-order valence-corrected chi connectivity index (χ2v) is 8.11. The molecule has 3 nitrogen and oxygen atoms in total. The molecule has 5 heteroatoms. The van der Waals surface area contributed by atoms with Gasteiger partial charge in [0.15, 0.2) is 0 Å². The van der Waals surface area contributed by atoms with Gasteiger partial charge in [0.1, 0.15) is 0 Å². The summed E-state index contributed by atoms with van der Waals surface area (Å²) in [5, 5.41) is 0.753. The van der Waals surface area contributed by atoms with Crippen molar-refractivity contribution in [3.8, 4) is 0 Å². The summed E-state index contributed by atoms with van der Waals surface area (Å²) in [6.07, 6.45) is 2.65. The number of rotatable bonds is 3. The summed E-state index contributed by atoms with van der Waals surface area (Å²) in [5.74, 6) is 0.474. The second kappa shape index (κ2) is 3.70. The van der Waals surface area contributed by atoms with Gasteiger partial charge in [0.2, 0.25) is 10.0 Å².